The largest absolute Gasteiger partial charge is 0.480 e. The van der Waals surface area contributed by atoms with Crippen LogP contribution in [0.3, 0.4) is 0 Å². The first kappa shape index (κ1) is 27.5. The third-order valence-corrected chi connectivity index (χ3v) is 7.30. The SMILES string of the molecule is COc1ncc(F)cc1S(=O)(=O)Cc1ccc(F)c(-c2ccc3c(C(=O)NCCC(N)=O)[nH]nc3c2F)c1F. The van der Waals surface area contributed by atoms with Crippen LogP contribution in [0, 0.1) is 23.3 Å². The summed E-state index contributed by atoms with van der Waals surface area (Å²) < 4.78 is 90.2. The molecule has 0 aliphatic rings. The van der Waals surface area contributed by atoms with E-state index in [-0.39, 0.29) is 24.0 Å². The van der Waals surface area contributed by atoms with Gasteiger partial charge >= 0.3 is 0 Å². The zero-order valence-corrected chi connectivity index (χ0v) is 20.8. The van der Waals surface area contributed by atoms with Gasteiger partial charge in [-0.25, -0.2) is 31.0 Å². The fourth-order valence-electron chi connectivity index (χ4n) is 3.82. The Morgan fingerprint density at radius 2 is 1.85 bits per heavy atom. The Hall–Kier alpha value is -4.53. The predicted molar refractivity (Wildman–Crippen MR) is 129 cm³/mol. The highest BCUT2D eigenvalue weighted by atomic mass is 32.2. The summed E-state index contributed by atoms with van der Waals surface area (Å²) in [5.74, 6) is -7.58. The minimum atomic E-state index is -4.45. The van der Waals surface area contributed by atoms with Crippen molar-refractivity contribution in [3.8, 4) is 17.0 Å². The number of methoxy groups -OCH3 is 1. The van der Waals surface area contributed by atoms with Gasteiger partial charge in [0.2, 0.25) is 11.8 Å². The molecule has 0 radical (unpaired) electrons. The lowest BCUT2D eigenvalue weighted by Crippen LogP contribution is -2.28. The maximum atomic E-state index is 15.5. The zero-order valence-electron chi connectivity index (χ0n) is 20.0. The number of primary amides is 1. The summed E-state index contributed by atoms with van der Waals surface area (Å²) in [6, 6.07) is 4.48. The van der Waals surface area contributed by atoms with E-state index in [9.17, 15) is 26.8 Å². The van der Waals surface area contributed by atoms with E-state index in [4.69, 9.17) is 10.5 Å². The summed E-state index contributed by atoms with van der Waals surface area (Å²) in [5.41, 5.74) is 2.44. The normalized spacial score (nSPS) is 11.5. The summed E-state index contributed by atoms with van der Waals surface area (Å²) in [5, 5.41) is 8.45. The second-order valence-corrected chi connectivity index (χ2v) is 10.2. The summed E-state index contributed by atoms with van der Waals surface area (Å²) in [4.78, 5) is 26.1. The van der Waals surface area contributed by atoms with E-state index in [1.54, 1.807) is 0 Å². The second kappa shape index (κ2) is 10.7. The van der Waals surface area contributed by atoms with Crippen LogP contribution in [0.25, 0.3) is 22.0 Å². The quantitative estimate of drug-likeness (QED) is 0.263. The predicted octanol–water partition coefficient (Wildman–Crippen LogP) is 2.77. The van der Waals surface area contributed by atoms with Crippen molar-refractivity contribution in [1.29, 1.82) is 0 Å². The number of nitrogens with two attached hydrogens (primary N) is 1. The van der Waals surface area contributed by atoms with Gasteiger partial charge < -0.3 is 15.8 Å². The van der Waals surface area contributed by atoms with Crippen LogP contribution >= 0.6 is 0 Å². The summed E-state index contributed by atoms with van der Waals surface area (Å²) in [7, 11) is -3.34. The molecule has 2 amide bonds. The number of aromatic amines is 1. The average molecular weight is 566 g/mol. The number of carbonyl (C=O) groups excluding carboxylic acids is 2. The molecule has 2 aromatic heterocycles. The molecule has 4 aromatic rings. The lowest BCUT2D eigenvalue weighted by Gasteiger charge is -2.13. The van der Waals surface area contributed by atoms with Crippen molar-refractivity contribution in [3.63, 3.8) is 0 Å². The summed E-state index contributed by atoms with van der Waals surface area (Å²) in [6.07, 6.45) is 0.599. The number of hydrogen-bond acceptors (Lipinski definition) is 7. The molecule has 2 heterocycles. The zero-order chi connectivity index (χ0) is 28.5. The number of sulfone groups is 1. The molecule has 0 aliphatic heterocycles. The van der Waals surface area contributed by atoms with E-state index in [0.717, 1.165) is 31.5 Å². The van der Waals surface area contributed by atoms with Crippen molar-refractivity contribution in [1.82, 2.24) is 20.5 Å². The van der Waals surface area contributed by atoms with E-state index in [0.29, 0.717) is 6.07 Å². The van der Waals surface area contributed by atoms with Crippen molar-refractivity contribution in [2.75, 3.05) is 13.7 Å². The monoisotopic (exact) mass is 565 g/mol. The number of fused-ring (bicyclic) bond motifs is 1. The van der Waals surface area contributed by atoms with Crippen molar-refractivity contribution in [2.45, 2.75) is 17.1 Å². The van der Waals surface area contributed by atoms with Crippen molar-refractivity contribution >= 4 is 32.6 Å². The molecular formula is C24H19F4N5O5S. The van der Waals surface area contributed by atoms with Gasteiger partial charge in [0.25, 0.3) is 5.91 Å². The average Bonchev–Trinajstić information content (AvgIpc) is 3.32. The molecule has 4 rings (SSSR count). The lowest BCUT2D eigenvalue weighted by atomic mass is 9.99. The van der Waals surface area contributed by atoms with E-state index in [1.807, 2.05) is 0 Å². The van der Waals surface area contributed by atoms with Gasteiger partial charge in [0, 0.05) is 29.5 Å². The van der Waals surface area contributed by atoms with Gasteiger partial charge in [-0.05, 0) is 18.2 Å². The number of hydrogen-bond donors (Lipinski definition) is 3. The number of pyridine rings is 1. The van der Waals surface area contributed by atoms with Gasteiger partial charge in [-0.1, -0.05) is 12.1 Å². The number of aromatic nitrogens is 3. The summed E-state index contributed by atoms with van der Waals surface area (Å²) in [6.45, 7) is -0.0844. The van der Waals surface area contributed by atoms with Crippen molar-refractivity contribution in [3.05, 3.63) is 71.1 Å². The molecular weight excluding hydrogens is 546 g/mol. The molecule has 15 heteroatoms. The fraction of sp³-hybridized carbons (Fsp3) is 0.167. The molecule has 0 fully saturated rings. The Labute approximate surface area is 218 Å². The number of nitrogens with one attached hydrogen (secondary N) is 2. The smallest absolute Gasteiger partial charge is 0.269 e. The molecule has 0 saturated heterocycles. The number of H-pyrrole nitrogens is 1. The first-order valence-electron chi connectivity index (χ1n) is 11.1. The van der Waals surface area contributed by atoms with Crippen LogP contribution in [-0.2, 0) is 20.4 Å². The number of ether oxygens (including phenoxy) is 1. The van der Waals surface area contributed by atoms with E-state index < -0.39 is 83.7 Å². The molecule has 0 aliphatic carbocycles. The third kappa shape index (κ3) is 5.38. The Balaban J connectivity index is 1.73. The maximum Gasteiger partial charge on any atom is 0.269 e. The fourth-order valence-corrected chi connectivity index (χ4v) is 5.30. The van der Waals surface area contributed by atoms with Gasteiger partial charge in [-0.3, -0.25) is 14.7 Å². The van der Waals surface area contributed by atoms with E-state index in [1.165, 1.54) is 6.07 Å². The van der Waals surface area contributed by atoms with Gasteiger partial charge in [0.15, 0.2) is 15.7 Å². The Morgan fingerprint density at radius 1 is 1.10 bits per heavy atom. The molecule has 4 N–H and O–H groups in total. The molecule has 204 valence electrons. The minimum Gasteiger partial charge on any atom is -0.480 e. The van der Waals surface area contributed by atoms with E-state index in [2.05, 4.69) is 20.5 Å². The lowest BCUT2D eigenvalue weighted by molar-refractivity contribution is -0.117. The number of carbonyl (C=O) groups is 2. The molecule has 0 bridgehead atoms. The highest BCUT2D eigenvalue weighted by Crippen LogP contribution is 2.35. The number of rotatable bonds is 9. The van der Waals surface area contributed by atoms with Gasteiger partial charge in [0.05, 0.1) is 24.6 Å². The molecule has 0 unspecified atom stereocenters. The van der Waals surface area contributed by atoms with Gasteiger partial charge in [-0.15, -0.1) is 0 Å². The van der Waals surface area contributed by atoms with Crippen LogP contribution in [0.15, 0.2) is 41.4 Å². The first-order chi connectivity index (χ1) is 18.4. The standard InChI is InChI=1S/C24H19F4N5O5S/c1-38-24-16(8-12(25)9-31-24)39(36,37)10-11-2-5-15(26)18(19(11)27)13-3-4-14-21(20(13)28)32-33-22(14)23(35)30-7-6-17(29)34/h2-5,8-9H,6-7,10H2,1H3,(H2,29,34)(H,30,35)(H,32,33). The number of halogens is 4. The van der Waals surface area contributed by atoms with Crippen LogP contribution in [0.1, 0.15) is 22.5 Å². The van der Waals surface area contributed by atoms with Crippen LogP contribution in [0.5, 0.6) is 5.88 Å². The van der Waals surface area contributed by atoms with E-state index >= 15 is 8.78 Å². The number of benzene rings is 2. The molecule has 10 nitrogen and oxygen atoms in total. The molecule has 0 atom stereocenters. The molecule has 2 aromatic carbocycles. The second-order valence-electron chi connectivity index (χ2n) is 8.21. The first-order valence-corrected chi connectivity index (χ1v) is 12.7. The highest BCUT2D eigenvalue weighted by Gasteiger charge is 2.28. The van der Waals surface area contributed by atoms with Crippen LogP contribution in [0.4, 0.5) is 17.6 Å². The van der Waals surface area contributed by atoms with Gasteiger partial charge in [-0.2, -0.15) is 5.10 Å². The minimum absolute atomic E-state index is 0.0157. The van der Waals surface area contributed by atoms with Gasteiger partial charge in [0.1, 0.15) is 33.6 Å². The van der Waals surface area contributed by atoms with Crippen molar-refractivity contribution < 1.29 is 40.3 Å². The van der Waals surface area contributed by atoms with Crippen LogP contribution < -0.4 is 15.8 Å². The molecule has 0 saturated carbocycles. The van der Waals surface area contributed by atoms with Crippen LogP contribution in [0.2, 0.25) is 0 Å². The van der Waals surface area contributed by atoms with Crippen LogP contribution in [-0.4, -0.2) is 49.1 Å². The van der Waals surface area contributed by atoms with Crippen molar-refractivity contribution in [2.24, 2.45) is 5.73 Å². The Bertz CT molecular complexity index is 1730. The number of nitrogens with zero attached hydrogens (tertiary/aromatic N) is 2. The Kier molecular flexibility index (Phi) is 7.53. The molecule has 0 spiro atoms. The highest BCUT2D eigenvalue weighted by molar-refractivity contribution is 7.90. The molecule has 39 heavy (non-hydrogen) atoms. The maximum absolute atomic E-state index is 15.5. The topological polar surface area (TPSA) is 157 Å². The Morgan fingerprint density at radius 3 is 2.54 bits per heavy atom. The summed E-state index contributed by atoms with van der Waals surface area (Å²) >= 11 is 0. The third-order valence-electron chi connectivity index (χ3n) is 5.65. The number of amides is 2.